The molecule has 1 aliphatic heterocycles. The van der Waals surface area contributed by atoms with Crippen LogP contribution in [0.2, 0.25) is 0 Å². The van der Waals surface area contributed by atoms with E-state index in [1.807, 2.05) is 13.2 Å². The maximum atomic E-state index is 14.5. The highest BCUT2D eigenvalue weighted by Crippen LogP contribution is 2.43. The number of hydrogen-bond acceptors (Lipinski definition) is 6. The molecule has 1 aromatic heterocycles. The Bertz CT molecular complexity index is 609. The number of H-pyrrole nitrogens is 1. The van der Waals surface area contributed by atoms with Gasteiger partial charge in [0.2, 0.25) is 5.79 Å². The van der Waals surface area contributed by atoms with E-state index in [0.29, 0.717) is 17.3 Å². The maximum Gasteiger partial charge on any atom is 0.242 e. The number of alkyl halides is 1. The van der Waals surface area contributed by atoms with Crippen LogP contribution in [0.3, 0.4) is 0 Å². The fraction of sp³-hybridized carbons (Fsp3) is 0.643. The Morgan fingerprint density at radius 1 is 1.57 bits per heavy atom. The van der Waals surface area contributed by atoms with Gasteiger partial charge in [-0.3, -0.25) is 5.41 Å². The number of aliphatic imine (C=N–C) groups is 1. The minimum Gasteiger partial charge on any atom is -0.358 e. The smallest absolute Gasteiger partial charge is 0.242 e. The highest BCUT2D eigenvalue weighted by atomic mass is 32.2. The molecular formula is C14H21FN4O2S2. The molecule has 4 atom stereocenters. The van der Waals surface area contributed by atoms with Crippen molar-refractivity contribution in [3.63, 3.8) is 0 Å². The number of hydrogen-bond donors (Lipinski definition) is 3. The first kappa shape index (κ1) is 18.4. The van der Waals surface area contributed by atoms with Gasteiger partial charge in [0.05, 0.1) is 18.0 Å². The number of aliphatic hydroxyl groups is 1. The molecule has 0 bridgehead atoms. The van der Waals surface area contributed by atoms with Gasteiger partial charge in [0, 0.05) is 5.92 Å². The third-order valence-corrected chi connectivity index (χ3v) is 5.06. The molecule has 0 saturated carbocycles. The van der Waals surface area contributed by atoms with Gasteiger partial charge in [0.15, 0.2) is 17.2 Å². The topological polar surface area (TPSA) is 94.3 Å². The van der Waals surface area contributed by atoms with Gasteiger partial charge in [0.1, 0.15) is 5.04 Å². The molecule has 1 aliphatic rings. The summed E-state index contributed by atoms with van der Waals surface area (Å²) >= 11 is 2.52. The van der Waals surface area contributed by atoms with Crippen molar-refractivity contribution in [2.24, 2.45) is 10.9 Å². The quantitative estimate of drug-likeness (QED) is 0.569. The summed E-state index contributed by atoms with van der Waals surface area (Å²) in [6.45, 7) is 3.62. The standard InChI is InChI=1S/C14H21FN4O2S2/c1-5-8-7(2)10(15)14(20,21-8)9-6-17-11(18-9)12(22-3)19-13(16)23-4/h6-8,10,16,20H,5H2,1-4H3,(H,17,18)/t7-,8-,10-,14+/m1/s1. The van der Waals surface area contributed by atoms with Crippen molar-refractivity contribution in [2.45, 2.75) is 38.3 Å². The fourth-order valence-electron chi connectivity index (χ4n) is 2.56. The van der Waals surface area contributed by atoms with Crippen molar-refractivity contribution in [3.8, 4) is 0 Å². The number of aromatic amines is 1. The lowest BCUT2D eigenvalue weighted by Crippen LogP contribution is -2.35. The molecule has 0 spiro atoms. The first-order valence-corrected chi connectivity index (χ1v) is 9.67. The van der Waals surface area contributed by atoms with Crippen LogP contribution in [-0.4, -0.2) is 50.1 Å². The molecule has 2 rings (SSSR count). The zero-order chi connectivity index (χ0) is 17.2. The number of nitrogens with one attached hydrogen (secondary N) is 2. The van der Waals surface area contributed by atoms with Gasteiger partial charge in [-0.2, -0.15) is 0 Å². The average Bonchev–Trinajstić information content (AvgIpc) is 3.13. The van der Waals surface area contributed by atoms with Crippen LogP contribution >= 0.6 is 23.5 Å². The number of nitrogens with zero attached hydrogens (tertiary/aromatic N) is 2. The lowest BCUT2D eigenvalue weighted by molar-refractivity contribution is -0.226. The van der Waals surface area contributed by atoms with Crippen LogP contribution in [0, 0.1) is 11.3 Å². The molecule has 0 unspecified atom stereocenters. The van der Waals surface area contributed by atoms with E-state index in [4.69, 9.17) is 10.1 Å². The van der Waals surface area contributed by atoms with E-state index in [0.717, 1.165) is 0 Å². The summed E-state index contributed by atoms with van der Waals surface area (Å²) in [5.41, 5.74) is 0.167. The average molecular weight is 360 g/mol. The molecule has 3 N–H and O–H groups in total. The van der Waals surface area contributed by atoms with Gasteiger partial charge in [-0.1, -0.05) is 25.6 Å². The van der Waals surface area contributed by atoms with Gasteiger partial charge in [0.25, 0.3) is 0 Å². The van der Waals surface area contributed by atoms with E-state index in [2.05, 4.69) is 15.0 Å². The van der Waals surface area contributed by atoms with Crippen LogP contribution < -0.4 is 0 Å². The number of thioether (sulfide) groups is 2. The molecule has 1 fully saturated rings. The Balaban J connectivity index is 2.32. The number of halogens is 1. The number of rotatable bonds is 3. The van der Waals surface area contributed by atoms with Gasteiger partial charge in [-0.05, 0) is 18.9 Å². The van der Waals surface area contributed by atoms with Gasteiger partial charge < -0.3 is 14.8 Å². The molecule has 0 radical (unpaired) electrons. The Kier molecular flexibility index (Phi) is 5.88. The molecule has 23 heavy (non-hydrogen) atoms. The molecular weight excluding hydrogens is 339 g/mol. The molecule has 0 aliphatic carbocycles. The summed E-state index contributed by atoms with van der Waals surface area (Å²) in [7, 11) is 0. The molecule has 0 amide bonds. The van der Waals surface area contributed by atoms with Gasteiger partial charge >= 0.3 is 0 Å². The fourth-order valence-corrected chi connectivity index (χ4v) is 3.28. The predicted octanol–water partition coefficient (Wildman–Crippen LogP) is 2.75. The minimum absolute atomic E-state index is 0.145. The highest BCUT2D eigenvalue weighted by molar-refractivity contribution is 8.15. The Labute approximate surface area is 143 Å². The Hall–Kier alpha value is -0.900. The number of amidine groups is 1. The van der Waals surface area contributed by atoms with E-state index in [1.54, 1.807) is 13.2 Å². The normalized spacial score (nSPS) is 31.6. The highest BCUT2D eigenvalue weighted by Gasteiger charge is 2.54. The summed E-state index contributed by atoms with van der Waals surface area (Å²) in [6, 6.07) is 0. The first-order valence-electron chi connectivity index (χ1n) is 7.22. The maximum absolute atomic E-state index is 14.5. The van der Waals surface area contributed by atoms with Crippen molar-refractivity contribution in [2.75, 3.05) is 12.5 Å². The second-order valence-electron chi connectivity index (χ2n) is 5.30. The van der Waals surface area contributed by atoms with Crippen molar-refractivity contribution in [1.29, 1.82) is 5.41 Å². The lowest BCUT2D eigenvalue weighted by Gasteiger charge is -2.23. The van der Waals surface area contributed by atoms with Crippen LogP contribution in [0.15, 0.2) is 11.2 Å². The van der Waals surface area contributed by atoms with E-state index < -0.39 is 17.9 Å². The van der Waals surface area contributed by atoms with Gasteiger partial charge in [-0.15, -0.1) is 11.8 Å². The Morgan fingerprint density at radius 2 is 2.26 bits per heavy atom. The summed E-state index contributed by atoms with van der Waals surface area (Å²) < 4.78 is 20.1. The van der Waals surface area contributed by atoms with Crippen molar-refractivity contribution in [1.82, 2.24) is 9.97 Å². The third kappa shape index (κ3) is 3.47. The van der Waals surface area contributed by atoms with Crippen molar-refractivity contribution >= 4 is 33.7 Å². The second kappa shape index (κ2) is 7.33. The van der Waals surface area contributed by atoms with E-state index >= 15 is 0 Å². The van der Waals surface area contributed by atoms with Gasteiger partial charge in [-0.25, -0.2) is 14.4 Å². The summed E-state index contributed by atoms with van der Waals surface area (Å²) in [5.74, 6) is -2.06. The zero-order valence-corrected chi connectivity index (χ0v) is 15.1. The second-order valence-corrected chi connectivity index (χ2v) is 6.89. The Morgan fingerprint density at radius 3 is 2.78 bits per heavy atom. The summed E-state index contributed by atoms with van der Waals surface area (Å²) in [5, 5.41) is 18.9. The van der Waals surface area contributed by atoms with Crippen molar-refractivity contribution < 1.29 is 14.2 Å². The monoisotopic (exact) mass is 360 g/mol. The minimum atomic E-state index is -2.03. The first-order chi connectivity index (χ1) is 10.9. The number of aromatic nitrogens is 2. The van der Waals surface area contributed by atoms with E-state index in [9.17, 15) is 9.50 Å². The number of imidazole rings is 1. The molecule has 128 valence electrons. The molecule has 1 saturated heterocycles. The molecule has 0 aromatic carbocycles. The third-order valence-electron chi connectivity index (χ3n) is 3.91. The predicted molar refractivity (Wildman–Crippen MR) is 93.0 cm³/mol. The summed E-state index contributed by atoms with van der Waals surface area (Å²) in [6.07, 6.45) is 3.66. The van der Waals surface area contributed by atoms with E-state index in [1.165, 1.54) is 29.7 Å². The largest absolute Gasteiger partial charge is 0.358 e. The van der Waals surface area contributed by atoms with Crippen LogP contribution in [0.1, 0.15) is 31.8 Å². The zero-order valence-electron chi connectivity index (χ0n) is 13.5. The molecule has 9 heteroatoms. The summed E-state index contributed by atoms with van der Waals surface area (Å²) in [4.78, 5) is 11.2. The van der Waals surface area contributed by atoms with Crippen molar-refractivity contribution in [3.05, 3.63) is 17.7 Å². The van der Waals surface area contributed by atoms with E-state index in [-0.39, 0.29) is 17.0 Å². The van der Waals surface area contributed by atoms with Crippen LogP contribution in [0.4, 0.5) is 4.39 Å². The lowest BCUT2D eigenvalue weighted by atomic mass is 9.95. The molecule has 2 heterocycles. The SMILES string of the molecule is CC[C@H]1O[C@@](O)(c2cnc(C(=NC(=N)SC)SC)[nH]2)[C@H](F)[C@@H]1C. The van der Waals surface area contributed by atoms with Crippen LogP contribution in [0.5, 0.6) is 0 Å². The molecule has 6 nitrogen and oxygen atoms in total. The van der Waals surface area contributed by atoms with Crippen LogP contribution in [-0.2, 0) is 10.5 Å². The number of ether oxygens (including phenoxy) is 1. The molecule has 1 aromatic rings. The van der Waals surface area contributed by atoms with Crippen LogP contribution in [0.25, 0.3) is 0 Å².